The molecule has 22 heavy (non-hydrogen) atoms. The highest BCUT2D eigenvalue weighted by Gasteiger charge is 2.40. The Hall–Kier alpha value is -2.43. The summed E-state index contributed by atoms with van der Waals surface area (Å²) in [6, 6.07) is 6.49. The highest BCUT2D eigenvalue weighted by atomic mass is 15.3. The third-order valence-corrected chi connectivity index (χ3v) is 4.78. The van der Waals surface area contributed by atoms with Crippen molar-refractivity contribution in [3.63, 3.8) is 0 Å². The minimum absolute atomic E-state index is 0.0440. The Morgan fingerprint density at radius 2 is 2.05 bits per heavy atom. The molecule has 1 aromatic carbocycles. The van der Waals surface area contributed by atoms with Crippen LogP contribution in [0.25, 0.3) is 11.1 Å². The van der Waals surface area contributed by atoms with E-state index in [-0.39, 0.29) is 5.54 Å². The molecule has 4 rings (SSSR count). The number of aromatic nitrogens is 2. The molecule has 1 aliphatic carbocycles. The van der Waals surface area contributed by atoms with Crippen molar-refractivity contribution in [1.29, 1.82) is 0 Å². The Bertz CT molecular complexity index is 740. The van der Waals surface area contributed by atoms with Gasteiger partial charge in [0, 0.05) is 31.5 Å². The molecule has 0 bridgehead atoms. The van der Waals surface area contributed by atoms with Gasteiger partial charge in [-0.15, -0.1) is 0 Å². The Kier molecular flexibility index (Phi) is 2.89. The van der Waals surface area contributed by atoms with Crippen LogP contribution in [0.15, 0.2) is 41.9 Å². The second kappa shape index (κ2) is 4.80. The zero-order chi connectivity index (χ0) is 15.2. The second-order valence-corrected chi connectivity index (χ2v) is 6.30. The lowest BCUT2D eigenvalue weighted by atomic mass is 9.76. The number of hydrogen-bond acceptors (Lipinski definition) is 5. The number of nitrogens with zero attached hydrogens (tertiary/aromatic N) is 4. The zero-order valence-corrected chi connectivity index (χ0v) is 12.7. The molecule has 0 saturated carbocycles. The third kappa shape index (κ3) is 2.04. The maximum Gasteiger partial charge on any atom is 0.191 e. The van der Waals surface area contributed by atoms with E-state index >= 15 is 0 Å². The van der Waals surface area contributed by atoms with Gasteiger partial charge in [0.1, 0.15) is 6.33 Å². The first kappa shape index (κ1) is 13.2. The first-order chi connectivity index (χ1) is 10.7. The van der Waals surface area contributed by atoms with Crippen LogP contribution in [0.1, 0.15) is 17.5 Å². The molecule has 2 N–H and O–H groups in total. The van der Waals surface area contributed by atoms with E-state index in [1.54, 1.807) is 6.33 Å². The standard InChI is InChI=1S/C17H19N5/c1-22-10-17(21-16(22)18)6-5-15-12(7-17)3-2-4-14(15)13-8-19-11-20-9-13/h2-4,8-9,11H,5-7,10H2,1H3,(H2,18,21)/t17-/m0/s1. The Morgan fingerprint density at radius 3 is 2.77 bits per heavy atom. The quantitative estimate of drug-likeness (QED) is 0.868. The fraction of sp³-hybridized carbons (Fsp3) is 0.353. The first-order valence-corrected chi connectivity index (χ1v) is 7.59. The van der Waals surface area contributed by atoms with Crippen LogP contribution in [0.5, 0.6) is 0 Å². The van der Waals surface area contributed by atoms with Gasteiger partial charge in [-0.25, -0.2) is 15.0 Å². The van der Waals surface area contributed by atoms with Crippen LogP contribution in [0.2, 0.25) is 0 Å². The number of nitrogens with two attached hydrogens (primary N) is 1. The number of hydrogen-bond donors (Lipinski definition) is 1. The van der Waals surface area contributed by atoms with Gasteiger partial charge in [-0.3, -0.25) is 0 Å². The summed E-state index contributed by atoms with van der Waals surface area (Å²) in [4.78, 5) is 15.1. The van der Waals surface area contributed by atoms with E-state index in [2.05, 4.69) is 33.1 Å². The SMILES string of the molecule is CN1C[C@@]2(CCc3c(cccc3-c3cncnc3)C2)N=C1N. The van der Waals surface area contributed by atoms with E-state index in [1.165, 1.54) is 16.7 Å². The Morgan fingerprint density at radius 1 is 1.23 bits per heavy atom. The van der Waals surface area contributed by atoms with E-state index in [9.17, 15) is 0 Å². The maximum atomic E-state index is 5.98. The van der Waals surface area contributed by atoms with Gasteiger partial charge in [0.25, 0.3) is 0 Å². The lowest BCUT2D eigenvalue weighted by Gasteiger charge is -2.33. The molecular weight excluding hydrogens is 274 g/mol. The van der Waals surface area contributed by atoms with Gasteiger partial charge < -0.3 is 10.6 Å². The van der Waals surface area contributed by atoms with E-state index in [4.69, 9.17) is 10.7 Å². The van der Waals surface area contributed by atoms with Crippen molar-refractivity contribution in [2.24, 2.45) is 10.7 Å². The first-order valence-electron chi connectivity index (χ1n) is 7.59. The van der Waals surface area contributed by atoms with Crippen LogP contribution in [-0.2, 0) is 12.8 Å². The van der Waals surface area contributed by atoms with Crippen LogP contribution in [0.4, 0.5) is 0 Å². The summed E-state index contributed by atoms with van der Waals surface area (Å²) in [6.07, 6.45) is 8.34. The van der Waals surface area contributed by atoms with Crippen LogP contribution in [0, 0.1) is 0 Å². The van der Waals surface area contributed by atoms with Gasteiger partial charge in [0.15, 0.2) is 5.96 Å². The van der Waals surface area contributed by atoms with Crippen LogP contribution >= 0.6 is 0 Å². The van der Waals surface area contributed by atoms with Crippen molar-refractivity contribution in [2.75, 3.05) is 13.6 Å². The smallest absolute Gasteiger partial charge is 0.191 e. The second-order valence-electron chi connectivity index (χ2n) is 6.30. The Labute approximate surface area is 129 Å². The van der Waals surface area contributed by atoms with Crippen molar-refractivity contribution in [1.82, 2.24) is 14.9 Å². The summed E-state index contributed by atoms with van der Waals surface area (Å²) >= 11 is 0. The summed E-state index contributed by atoms with van der Waals surface area (Å²) < 4.78 is 0. The fourth-order valence-corrected chi connectivity index (χ4v) is 3.72. The third-order valence-electron chi connectivity index (χ3n) is 4.78. The average molecular weight is 293 g/mol. The van der Waals surface area contributed by atoms with Crippen molar-refractivity contribution in [3.05, 3.63) is 48.0 Å². The minimum atomic E-state index is -0.0440. The molecule has 5 heteroatoms. The average Bonchev–Trinajstić information content (AvgIpc) is 2.81. The molecule has 2 heterocycles. The van der Waals surface area contributed by atoms with Crippen molar-refractivity contribution in [2.45, 2.75) is 24.8 Å². The predicted octanol–water partition coefficient (Wildman–Crippen LogP) is 1.63. The summed E-state index contributed by atoms with van der Waals surface area (Å²) in [5.41, 5.74) is 11.1. The van der Waals surface area contributed by atoms with Gasteiger partial charge in [-0.2, -0.15) is 0 Å². The molecule has 2 aliphatic rings. The molecule has 2 aromatic rings. The van der Waals surface area contributed by atoms with Gasteiger partial charge in [0.2, 0.25) is 0 Å². The number of benzene rings is 1. The Balaban J connectivity index is 1.74. The molecule has 1 aliphatic heterocycles. The zero-order valence-electron chi connectivity index (χ0n) is 12.7. The molecule has 0 unspecified atom stereocenters. The minimum Gasteiger partial charge on any atom is -0.370 e. The maximum absolute atomic E-state index is 5.98. The fourth-order valence-electron chi connectivity index (χ4n) is 3.72. The van der Waals surface area contributed by atoms with Gasteiger partial charge in [0.05, 0.1) is 5.54 Å². The van der Waals surface area contributed by atoms with E-state index in [1.807, 2.05) is 19.4 Å². The van der Waals surface area contributed by atoms with Crippen molar-refractivity contribution in [3.8, 4) is 11.1 Å². The lowest BCUT2D eigenvalue weighted by molar-refractivity contribution is 0.335. The van der Waals surface area contributed by atoms with Gasteiger partial charge >= 0.3 is 0 Å². The lowest BCUT2D eigenvalue weighted by Crippen LogP contribution is -2.39. The summed E-state index contributed by atoms with van der Waals surface area (Å²) in [5.74, 6) is 0.663. The van der Waals surface area contributed by atoms with Crippen molar-refractivity contribution >= 4 is 5.96 Å². The van der Waals surface area contributed by atoms with Crippen molar-refractivity contribution < 1.29 is 0 Å². The number of likely N-dealkylation sites (N-methyl/N-ethyl adjacent to an activating group) is 1. The monoisotopic (exact) mass is 293 g/mol. The molecule has 1 aromatic heterocycles. The van der Waals surface area contributed by atoms with Crippen LogP contribution in [0.3, 0.4) is 0 Å². The van der Waals surface area contributed by atoms with E-state index < -0.39 is 0 Å². The molecule has 0 saturated heterocycles. The molecule has 1 spiro atoms. The van der Waals surface area contributed by atoms with Crippen LogP contribution in [-0.4, -0.2) is 40.0 Å². The molecule has 5 nitrogen and oxygen atoms in total. The number of rotatable bonds is 1. The van der Waals surface area contributed by atoms with Crippen LogP contribution < -0.4 is 5.73 Å². The molecular formula is C17H19N5. The predicted molar refractivity (Wildman–Crippen MR) is 86.5 cm³/mol. The molecule has 1 atom stereocenters. The van der Waals surface area contributed by atoms with Gasteiger partial charge in [-0.1, -0.05) is 18.2 Å². The van der Waals surface area contributed by atoms with E-state index in [0.29, 0.717) is 5.96 Å². The largest absolute Gasteiger partial charge is 0.370 e. The molecule has 0 fully saturated rings. The normalized spacial score (nSPS) is 23.5. The summed E-state index contributed by atoms with van der Waals surface area (Å²) in [6.45, 7) is 0.914. The number of guanidine groups is 1. The number of fused-ring (bicyclic) bond motifs is 1. The molecule has 112 valence electrons. The summed E-state index contributed by atoms with van der Waals surface area (Å²) in [7, 11) is 2.01. The van der Waals surface area contributed by atoms with Gasteiger partial charge in [-0.05, 0) is 36.0 Å². The molecule has 0 radical (unpaired) electrons. The topological polar surface area (TPSA) is 67.4 Å². The number of aliphatic imine (C=N–C) groups is 1. The highest BCUT2D eigenvalue weighted by Crippen LogP contribution is 2.38. The summed E-state index contributed by atoms with van der Waals surface area (Å²) in [5, 5.41) is 0. The highest BCUT2D eigenvalue weighted by molar-refractivity contribution is 5.80. The van der Waals surface area contributed by atoms with E-state index in [0.717, 1.165) is 31.4 Å². The molecule has 0 amide bonds.